The summed E-state index contributed by atoms with van der Waals surface area (Å²) in [5.74, 6) is 0.963. The Kier molecular flexibility index (Phi) is 5.70. The van der Waals surface area contributed by atoms with Crippen LogP contribution in [0.2, 0.25) is 0 Å². The van der Waals surface area contributed by atoms with Crippen molar-refractivity contribution in [3.05, 3.63) is 18.1 Å². The number of nitriles is 1. The summed E-state index contributed by atoms with van der Waals surface area (Å²) in [4.78, 5) is 22.5. The van der Waals surface area contributed by atoms with Crippen LogP contribution >= 0.6 is 0 Å². The molecule has 6 heteroatoms. The maximum atomic E-state index is 12.4. The van der Waals surface area contributed by atoms with Gasteiger partial charge in [0.1, 0.15) is 6.07 Å². The number of hydrogen-bond donors (Lipinski definition) is 1. The van der Waals surface area contributed by atoms with Crippen molar-refractivity contribution in [3.8, 4) is 6.07 Å². The van der Waals surface area contributed by atoms with Gasteiger partial charge in [-0.05, 0) is 25.7 Å². The van der Waals surface area contributed by atoms with Gasteiger partial charge >= 0.3 is 0 Å². The van der Waals surface area contributed by atoms with Gasteiger partial charge in [-0.15, -0.1) is 0 Å². The Bertz CT molecular complexity index is 542. The minimum absolute atomic E-state index is 0.148. The highest BCUT2D eigenvalue weighted by molar-refractivity contribution is 5.78. The number of carbonyl (C=O) groups excluding carboxylic acids is 1. The summed E-state index contributed by atoms with van der Waals surface area (Å²) in [7, 11) is 0. The summed E-state index contributed by atoms with van der Waals surface area (Å²) >= 11 is 0. The van der Waals surface area contributed by atoms with Crippen LogP contribution in [0.4, 0.5) is 5.82 Å². The monoisotopic (exact) mass is 301 g/mol. The molecular formula is C16H23N5O. The smallest absolute Gasteiger partial charge is 0.225 e. The van der Waals surface area contributed by atoms with Gasteiger partial charge in [-0.1, -0.05) is 13.8 Å². The first-order valence-electron chi connectivity index (χ1n) is 7.96. The average Bonchev–Trinajstić information content (AvgIpc) is 2.57. The van der Waals surface area contributed by atoms with E-state index in [0.717, 1.165) is 38.8 Å². The SMILES string of the molecule is CCC(CC)C(=O)N1CCC(Nc2nccnc2C#N)CC1. The molecule has 0 radical (unpaired) electrons. The molecule has 2 rings (SSSR count). The quantitative estimate of drug-likeness (QED) is 0.901. The van der Waals surface area contributed by atoms with Crippen molar-refractivity contribution >= 4 is 11.7 Å². The van der Waals surface area contributed by atoms with Crippen molar-refractivity contribution in [3.63, 3.8) is 0 Å². The molecule has 2 heterocycles. The van der Waals surface area contributed by atoms with Crippen molar-refractivity contribution in [2.75, 3.05) is 18.4 Å². The van der Waals surface area contributed by atoms with Gasteiger partial charge in [0.2, 0.25) is 5.91 Å². The van der Waals surface area contributed by atoms with E-state index in [4.69, 9.17) is 5.26 Å². The zero-order chi connectivity index (χ0) is 15.9. The largest absolute Gasteiger partial charge is 0.365 e. The fourth-order valence-electron chi connectivity index (χ4n) is 2.86. The van der Waals surface area contributed by atoms with Crippen molar-refractivity contribution in [1.29, 1.82) is 5.26 Å². The van der Waals surface area contributed by atoms with E-state index in [1.54, 1.807) is 6.20 Å². The van der Waals surface area contributed by atoms with Crippen LogP contribution in [-0.4, -0.2) is 39.9 Å². The third kappa shape index (κ3) is 3.73. The second-order valence-corrected chi connectivity index (χ2v) is 5.62. The number of anilines is 1. The van der Waals surface area contributed by atoms with Crippen LogP contribution in [0.1, 0.15) is 45.2 Å². The molecule has 118 valence electrons. The molecule has 0 unspecified atom stereocenters. The third-order valence-electron chi connectivity index (χ3n) is 4.29. The molecule has 0 aromatic carbocycles. The zero-order valence-electron chi connectivity index (χ0n) is 13.2. The number of rotatable bonds is 5. The maximum Gasteiger partial charge on any atom is 0.225 e. The van der Waals surface area contributed by atoms with E-state index >= 15 is 0 Å². The van der Waals surface area contributed by atoms with Gasteiger partial charge in [-0.3, -0.25) is 4.79 Å². The summed E-state index contributed by atoms with van der Waals surface area (Å²) < 4.78 is 0. The van der Waals surface area contributed by atoms with E-state index in [9.17, 15) is 4.79 Å². The van der Waals surface area contributed by atoms with Crippen LogP contribution in [0.3, 0.4) is 0 Å². The number of piperidine rings is 1. The summed E-state index contributed by atoms with van der Waals surface area (Å²) in [6, 6.07) is 2.27. The van der Waals surface area contributed by atoms with Crippen LogP contribution < -0.4 is 5.32 Å². The summed E-state index contributed by atoms with van der Waals surface area (Å²) in [6.07, 6.45) is 6.63. The number of nitrogens with one attached hydrogen (secondary N) is 1. The number of amides is 1. The van der Waals surface area contributed by atoms with Crippen LogP contribution in [0.5, 0.6) is 0 Å². The lowest BCUT2D eigenvalue weighted by atomic mass is 9.98. The van der Waals surface area contributed by atoms with E-state index < -0.39 is 0 Å². The van der Waals surface area contributed by atoms with Crippen molar-refractivity contribution < 1.29 is 4.79 Å². The maximum absolute atomic E-state index is 12.4. The van der Waals surface area contributed by atoms with Crippen molar-refractivity contribution in [2.24, 2.45) is 5.92 Å². The molecule has 1 amide bonds. The number of carbonyl (C=O) groups is 1. The number of likely N-dealkylation sites (tertiary alicyclic amines) is 1. The molecule has 1 fully saturated rings. The molecule has 0 aliphatic carbocycles. The van der Waals surface area contributed by atoms with Gasteiger partial charge in [0.15, 0.2) is 11.5 Å². The predicted octanol–water partition coefficient (Wildman–Crippen LogP) is 2.19. The standard InChI is InChI=1S/C16H23N5O/c1-3-12(4-2)16(22)21-9-5-13(6-10-21)20-15-14(11-17)18-7-8-19-15/h7-8,12-13H,3-6,9-10H2,1-2H3,(H,19,20). The Morgan fingerprint density at radius 2 is 2.00 bits per heavy atom. The van der Waals surface area contributed by atoms with E-state index in [1.165, 1.54) is 6.20 Å². The van der Waals surface area contributed by atoms with Gasteiger partial charge in [-0.25, -0.2) is 9.97 Å². The fraction of sp³-hybridized carbons (Fsp3) is 0.625. The molecule has 1 aromatic rings. The first kappa shape index (κ1) is 16.2. The second kappa shape index (κ2) is 7.74. The Labute approximate surface area is 131 Å². The Morgan fingerprint density at radius 3 is 2.59 bits per heavy atom. The molecule has 1 aromatic heterocycles. The Morgan fingerprint density at radius 1 is 1.36 bits per heavy atom. The molecule has 1 aliphatic heterocycles. The Balaban J connectivity index is 1.90. The molecule has 6 nitrogen and oxygen atoms in total. The second-order valence-electron chi connectivity index (χ2n) is 5.62. The molecule has 1 aliphatic rings. The third-order valence-corrected chi connectivity index (χ3v) is 4.29. The van der Waals surface area contributed by atoms with Gasteiger partial charge in [-0.2, -0.15) is 5.26 Å². The first-order valence-corrected chi connectivity index (χ1v) is 7.96. The summed E-state index contributed by atoms with van der Waals surface area (Å²) in [5, 5.41) is 12.3. The lowest BCUT2D eigenvalue weighted by Gasteiger charge is -2.34. The van der Waals surface area contributed by atoms with Crippen LogP contribution in [-0.2, 0) is 4.79 Å². The molecule has 0 spiro atoms. The van der Waals surface area contributed by atoms with E-state index in [1.807, 2.05) is 11.0 Å². The van der Waals surface area contributed by atoms with Gasteiger partial charge in [0, 0.05) is 37.4 Å². The van der Waals surface area contributed by atoms with E-state index in [0.29, 0.717) is 11.5 Å². The summed E-state index contributed by atoms with van der Waals surface area (Å²) in [5.41, 5.74) is 0.318. The normalized spacial score (nSPS) is 15.6. The molecule has 0 saturated carbocycles. The summed E-state index contributed by atoms with van der Waals surface area (Å²) in [6.45, 7) is 5.65. The van der Waals surface area contributed by atoms with Crippen LogP contribution in [0, 0.1) is 17.2 Å². The lowest BCUT2D eigenvalue weighted by Crippen LogP contribution is -2.44. The van der Waals surface area contributed by atoms with Gasteiger partial charge < -0.3 is 10.2 Å². The van der Waals surface area contributed by atoms with E-state index in [2.05, 4.69) is 29.1 Å². The van der Waals surface area contributed by atoms with Gasteiger partial charge in [0.05, 0.1) is 0 Å². The zero-order valence-corrected chi connectivity index (χ0v) is 13.2. The molecule has 0 bridgehead atoms. The first-order chi connectivity index (χ1) is 10.7. The van der Waals surface area contributed by atoms with Crippen LogP contribution in [0.15, 0.2) is 12.4 Å². The molecule has 1 saturated heterocycles. The fourth-order valence-corrected chi connectivity index (χ4v) is 2.86. The molecular weight excluding hydrogens is 278 g/mol. The van der Waals surface area contributed by atoms with Gasteiger partial charge in [0.25, 0.3) is 0 Å². The number of hydrogen-bond acceptors (Lipinski definition) is 5. The number of nitrogens with zero attached hydrogens (tertiary/aromatic N) is 4. The highest BCUT2D eigenvalue weighted by Gasteiger charge is 2.26. The topological polar surface area (TPSA) is 81.9 Å². The molecule has 22 heavy (non-hydrogen) atoms. The Hall–Kier alpha value is -2.16. The predicted molar refractivity (Wildman–Crippen MR) is 84.0 cm³/mol. The minimum Gasteiger partial charge on any atom is -0.365 e. The minimum atomic E-state index is 0.148. The highest BCUT2D eigenvalue weighted by atomic mass is 16.2. The number of aromatic nitrogens is 2. The van der Waals surface area contributed by atoms with Crippen molar-refractivity contribution in [2.45, 2.75) is 45.6 Å². The van der Waals surface area contributed by atoms with Crippen LogP contribution in [0.25, 0.3) is 0 Å². The molecule has 1 N–H and O–H groups in total. The van der Waals surface area contributed by atoms with Crippen molar-refractivity contribution in [1.82, 2.24) is 14.9 Å². The lowest BCUT2D eigenvalue weighted by molar-refractivity contribution is -0.136. The molecule has 0 atom stereocenters. The van der Waals surface area contributed by atoms with E-state index in [-0.39, 0.29) is 17.9 Å². The average molecular weight is 301 g/mol. The highest BCUT2D eigenvalue weighted by Crippen LogP contribution is 2.20.